The Morgan fingerprint density at radius 1 is 1.06 bits per heavy atom. The number of guanidine groups is 1. The first-order valence-electron chi connectivity index (χ1n) is 11.1. The highest BCUT2D eigenvalue weighted by molar-refractivity contribution is 5.80. The highest BCUT2D eigenvalue weighted by Gasteiger charge is 2.25. The number of benzene rings is 2. The second kappa shape index (κ2) is 13.0. The van der Waals surface area contributed by atoms with Crippen molar-refractivity contribution < 1.29 is 14.2 Å². The Balaban J connectivity index is 1.46. The molecule has 0 bridgehead atoms. The third-order valence-corrected chi connectivity index (χ3v) is 5.28. The molecule has 2 aromatic carbocycles. The maximum absolute atomic E-state index is 5.96. The molecule has 0 aliphatic carbocycles. The van der Waals surface area contributed by atoms with E-state index in [1.54, 1.807) is 7.11 Å². The summed E-state index contributed by atoms with van der Waals surface area (Å²) >= 11 is 0. The number of aliphatic imine (C=N–C) groups is 1. The van der Waals surface area contributed by atoms with Crippen molar-refractivity contribution in [2.24, 2.45) is 10.9 Å². The molecular formula is C25H35N3O3. The quantitative estimate of drug-likeness (QED) is 0.338. The van der Waals surface area contributed by atoms with Gasteiger partial charge in [0.05, 0.1) is 26.4 Å². The van der Waals surface area contributed by atoms with E-state index in [9.17, 15) is 0 Å². The van der Waals surface area contributed by atoms with Crippen molar-refractivity contribution >= 4 is 5.96 Å². The lowest BCUT2D eigenvalue weighted by atomic mass is 10.1. The molecule has 1 aliphatic rings. The molecule has 6 heteroatoms. The van der Waals surface area contributed by atoms with Gasteiger partial charge in [-0.05, 0) is 36.6 Å². The number of likely N-dealkylation sites (tertiary alicyclic amines) is 1. The van der Waals surface area contributed by atoms with Gasteiger partial charge in [-0.2, -0.15) is 0 Å². The van der Waals surface area contributed by atoms with Gasteiger partial charge < -0.3 is 24.4 Å². The zero-order valence-corrected chi connectivity index (χ0v) is 18.8. The third kappa shape index (κ3) is 7.89. The fourth-order valence-corrected chi connectivity index (χ4v) is 3.60. The van der Waals surface area contributed by atoms with Crippen LogP contribution in [0.25, 0.3) is 0 Å². The minimum absolute atomic E-state index is 0.538. The number of hydrogen-bond donors (Lipinski definition) is 1. The molecule has 0 saturated carbocycles. The molecule has 1 aliphatic heterocycles. The number of nitrogens with one attached hydrogen (secondary N) is 1. The topological polar surface area (TPSA) is 55.3 Å². The Morgan fingerprint density at radius 2 is 1.87 bits per heavy atom. The van der Waals surface area contributed by atoms with E-state index in [1.165, 1.54) is 5.56 Å². The van der Waals surface area contributed by atoms with Crippen molar-refractivity contribution in [3.05, 3.63) is 65.7 Å². The van der Waals surface area contributed by atoms with E-state index in [1.807, 2.05) is 18.2 Å². The SMILES string of the molecule is CCNC(=NCc1ccc(OCCOC)cc1)N1CCC(COCc2ccccc2)C1. The summed E-state index contributed by atoms with van der Waals surface area (Å²) in [6, 6.07) is 18.5. The lowest BCUT2D eigenvalue weighted by molar-refractivity contribution is 0.0906. The first-order valence-corrected chi connectivity index (χ1v) is 11.1. The Hall–Kier alpha value is -2.57. The van der Waals surface area contributed by atoms with Gasteiger partial charge in [-0.25, -0.2) is 4.99 Å². The predicted molar refractivity (Wildman–Crippen MR) is 124 cm³/mol. The van der Waals surface area contributed by atoms with Gasteiger partial charge in [0.1, 0.15) is 12.4 Å². The normalized spacial score (nSPS) is 16.5. The standard InChI is InChI=1S/C25H35N3O3/c1-3-26-25(27-17-21-9-11-24(12-10-21)31-16-15-29-2)28-14-13-23(18-28)20-30-19-22-7-5-4-6-8-22/h4-12,23H,3,13-20H2,1-2H3,(H,26,27). The molecule has 31 heavy (non-hydrogen) atoms. The van der Waals surface area contributed by atoms with E-state index >= 15 is 0 Å². The summed E-state index contributed by atoms with van der Waals surface area (Å²) in [6.07, 6.45) is 1.13. The maximum atomic E-state index is 5.96. The number of ether oxygens (including phenoxy) is 3. The van der Waals surface area contributed by atoms with Crippen molar-refractivity contribution in [1.29, 1.82) is 0 Å². The molecule has 0 spiro atoms. The Morgan fingerprint density at radius 3 is 2.61 bits per heavy atom. The first-order chi connectivity index (χ1) is 15.3. The van der Waals surface area contributed by atoms with Crippen LogP contribution in [-0.2, 0) is 22.6 Å². The van der Waals surface area contributed by atoms with E-state index in [4.69, 9.17) is 19.2 Å². The van der Waals surface area contributed by atoms with Crippen LogP contribution in [0, 0.1) is 5.92 Å². The molecular weight excluding hydrogens is 390 g/mol. The summed E-state index contributed by atoms with van der Waals surface area (Å²) < 4.78 is 16.6. The maximum Gasteiger partial charge on any atom is 0.194 e. The summed E-state index contributed by atoms with van der Waals surface area (Å²) in [6.45, 7) is 8.22. The zero-order valence-electron chi connectivity index (χ0n) is 18.8. The summed E-state index contributed by atoms with van der Waals surface area (Å²) in [4.78, 5) is 7.21. The molecule has 168 valence electrons. The fourth-order valence-electron chi connectivity index (χ4n) is 3.60. The van der Waals surface area contributed by atoms with E-state index in [0.29, 0.717) is 32.3 Å². The third-order valence-electron chi connectivity index (χ3n) is 5.28. The van der Waals surface area contributed by atoms with Crippen molar-refractivity contribution in [3.63, 3.8) is 0 Å². The van der Waals surface area contributed by atoms with Gasteiger partial charge in [0.25, 0.3) is 0 Å². The van der Waals surface area contributed by atoms with Gasteiger partial charge in [-0.15, -0.1) is 0 Å². The average Bonchev–Trinajstić information content (AvgIpc) is 3.27. The van der Waals surface area contributed by atoms with E-state index < -0.39 is 0 Å². The van der Waals surface area contributed by atoms with Crippen molar-refractivity contribution in [1.82, 2.24) is 10.2 Å². The van der Waals surface area contributed by atoms with Gasteiger partial charge in [0.15, 0.2) is 5.96 Å². The molecule has 1 unspecified atom stereocenters. The van der Waals surface area contributed by atoms with Crippen LogP contribution in [0.2, 0.25) is 0 Å². The van der Waals surface area contributed by atoms with Crippen LogP contribution in [0.3, 0.4) is 0 Å². The van der Waals surface area contributed by atoms with Crippen LogP contribution in [0.15, 0.2) is 59.6 Å². The van der Waals surface area contributed by atoms with Crippen molar-refractivity contribution in [3.8, 4) is 5.75 Å². The van der Waals surface area contributed by atoms with Gasteiger partial charge in [-0.1, -0.05) is 42.5 Å². The van der Waals surface area contributed by atoms with E-state index in [0.717, 1.165) is 49.9 Å². The minimum atomic E-state index is 0.538. The largest absolute Gasteiger partial charge is 0.491 e. The summed E-state index contributed by atoms with van der Waals surface area (Å²) in [7, 11) is 1.67. The Kier molecular flexibility index (Phi) is 9.67. The molecule has 0 radical (unpaired) electrons. The summed E-state index contributed by atoms with van der Waals surface area (Å²) in [5, 5.41) is 3.44. The smallest absolute Gasteiger partial charge is 0.194 e. The molecule has 6 nitrogen and oxygen atoms in total. The molecule has 1 atom stereocenters. The van der Waals surface area contributed by atoms with E-state index in [2.05, 4.69) is 53.5 Å². The molecule has 0 amide bonds. The zero-order chi connectivity index (χ0) is 21.7. The van der Waals surface area contributed by atoms with Crippen LogP contribution in [0.1, 0.15) is 24.5 Å². The Bertz CT molecular complexity index is 780. The Labute approximate surface area is 186 Å². The number of hydrogen-bond acceptors (Lipinski definition) is 4. The molecule has 1 N–H and O–H groups in total. The van der Waals surface area contributed by atoms with Gasteiger partial charge in [0, 0.05) is 32.7 Å². The molecule has 1 saturated heterocycles. The second-order valence-corrected chi connectivity index (χ2v) is 7.76. The van der Waals surface area contributed by atoms with Crippen LogP contribution in [0.5, 0.6) is 5.75 Å². The van der Waals surface area contributed by atoms with Gasteiger partial charge in [0.2, 0.25) is 0 Å². The predicted octanol–water partition coefficient (Wildman–Crippen LogP) is 3.72. The molecule has 3 rings (SSSR count). The molecule has 2 aromatic rings. The van der Waals surface area contributed by atoms with Crippen LogP contribution >= 0.6 is 0 Å². The van der Waals surface area contributed by atoms with Crippen molar-refractivity contribution in [2.45, 2.75) is 26.5 Å². The highest BCUT2D eigenvalue weighted by atomic mass is 16.5. The van der Waals surface area contributed by atoms with Crippen LogP contribution in [-0.4, -0.2) is 57.4 Å². The number of rotatable bonds is 11. The van der Waals surface area contributed by atoms with Crippen molar-refractivity contribution in [2.75, 3.05) is 46.6 Å². The second-order valence-electron chi connectivity index (χ2n) is 7.76. The van der Waals surface area contributed by atoms with E-state index in [-0.39, 0.29) is 0 Å². The number of methoxy groups -OCH3 is 1. The van der Waals surface area contributed by atoms with Crippen LogP contribution in [0.4, 0.5) is 0 Å². The number of nitrogens with zero attached hydrogens (tertiary/aromatic N) is 2. The minimum Gasteiger partial charge on any atom is -0.491 e. The van der Waals surface area contributed by atoms with Gasteiger partial charge in [-0.3, -0.25) is 0 Å². The lowest BCUT2D eigenvalue weighted by Crippen LogP contribution is -2.40. The van der Waals surface area contributed by atoms with Crippen LogP contribution < -0.4 is 10.1 Å². The summed E-state index contributed by atoms with van der Waals surface area (Å²) in [5.74, 6) is 2.37. The monoisotopic (exact) mass is 425 g/mol. The first kappa shape index (κ1) is 23.1. The lowest BCUT2D eigenvalue weighted by Gasteiger charge is -2.21. The average molecular weight is 426 g/mol. The summed E-state index contributed by atoms with van der Waals surface area (Å²) in [5.41, 5.74) is 2.39. The van der Waals surface area contributed by atoms with Gasteiger partial charge >= 0.3 is 0 Å². The molecule has 1 heterocycles. The molecule has 0 aromatic heterocycles. The molecule has 1 fully saturated rings. The highest BCUT2D eigenvalue weighted by Crippen LogP contribution is 2.18. The fraction of sp³-hybridized carbons (Fsp3) is 0.480.